The maximum atomic E-state index is 11.5. The van der Waals surface area contributed by atoms with E-state index in [1.165, 1.54) is 0 Å². The van der Waals surface area contributed by atoms with Gasteiger partial charge in [0, 0.05) is 13.1 Å². The van der Waals surface area contributed by atoms with Crippen molar-refractivity contribution in [3.8, 4) is 0 Å². The van der Waals surface area contributed by atoms with E-state index >= 15 is 0 Å². The summed E-state index contributed by atoms with van der Waals surface area (Å²) in [7, 11) is 0. The molecule has 4 nitrogen and oxygen atoms in total. The van der Waals surface area contributed by atoms with Crippen molar-refractivity contribution >= 4 is 5.97 Å². The van der Waals surface area contributed by atoms with Crippen LogP contribution >= 0.6 is 0 Å². The molecule has 0 amide bonds. The minimum atomic E-state index is -0.583. The van der Waals surface area contributed by atoms with E-state index in [0.717, 1.165) is 31.6 Å². The first kappa shape index (κ1) is 16.4. The fraction of sp³-hybridized carbons (Fsp3) is 0.933. The monoisotopic (exact) mass is 271 g/mol. The Bertz CT molecular complexity index is 288. The van der Waals surface area contributed by atoms with E-state index in [0.29, 0.717) is 19.5 Å². The number of rotatable bonds is 5. The molecule has 0 atom stereocenters. The van der Waals surface area contributed by atoms with Crippen LogP contribution in [-0.4, -0.2) is 35.4 Å². The summed E-state index contributed by atoms with van der Waals surface area (Å²) in [5, 5.41) is 13.5. The van der Waals surface area contributed by atoms with Gasteiger partial charge in [-0.15, -0.1) is 0 Å². The minimum absolute atomic E-state index is 0.191. The van der Waals surface area contributed by atoms with Crippen molar-refractivity contribution in [1.29, 1.82) is 0 Å². The standard InChI is InChI=1S/C15H29NO3/c1-12-5-8-15(18,9-6-12)11-16-10-7-13(17)19-14(2,3)4/h12,16,18H,5-11H2,1-4H3. The molecule has 0 spiro atoms. The zero-order chi connectivity index (χ0) is 14.5. The summed E-state index contributed by atoms with van der Waals surface area (Å²) in [5.74, 6) is 0.534. The molecule has 19 heavy (non-hydrogen) atoms. The molecular formula is C15H29NO3. The summed E-state index contributed by atoms with van der Waals surface area (Å²) in [6, 6.07) is 0. The van der Waals surface area contributed by atoms with E-state index in [-0.39, 0.29) is 5.97 Å². The van der Waals surface area contributed by atoms with Crippen molar-refractivity contribution in [3.05, 3.63) is 0 Å². The second-order valence-corrected chi connectivity index (χ2v) is 6.92. The molecule has 1 rings (SSSR count). The third-order valence-electron chi connectivity index (χ3n) is 3.58. The van der Waals surface area contributed by atoms with Crippen LogP contribution in [-0.2, 0) is 9.53 Å². The van der Waals surface area contributed by atoms with Crippen LogP contribution in [0.15, 0.2) is 0 Å². The molecule has 1 fully saturated rings. The van der Waals surface area contributed by atoms with Gasteiger partial charge in [0.1, 0.15) is 5.60 Å². The molecule has 0 aromatic carbocycles. The zero-order valence-electron chi connectivity index (χ0n) is 12.8. The maximum absolute atomic E-state index is 11.5. The molecule has 112 valence electrons. The van der Waals surface area contributed by atoms with E-state index in [1.807, 2.05) is 20.8 Å². The highest BCUT2D eigenvalue weighted by molar-refractivity contribution is 5.70. The Morgan fingerprint density at radius 3 is 2.47 bits per heavy atom. The Labute approximate surface area is 116 Å². The second kappa shape index (κ2) is 6.71. The SMILES string of the molecule is CC1CCC(O)(CNCCC(=O)OC(C)(C)C)CC1. The lowest BCUT2D eigenvalue weighted by Crippen LogP contribution is -2.43. The molecule has 0 radical (unpaired) electrons. The van der Waals surface area contributed by atoms with E-state index in [2.05, 4.69) is 12.2 Å². The van der Waals surface area contributed by atoms with Gasteiger partial charge >= 0.3 is 5.97 Å². The highest BCUT2D eigenvalue weighted by Gasteiger charge is 2.31. The predicted molar refractivity (Wildman–Crippen MR) is 75.9 cm³/mol. The number of aliphatic hydroxyl groups is 1. The first-order chi connectivity index (χ1) is 8.70. The zero-order valence-corrected chi connectivity index (χ0v) is 12.8. The molecule has 4 heteroatoms. The molecule has 0 aromatic heterocycles. The van der Waals surface area contributed by atoms with Gasteiger partial charge in [-0.25, -0.2) is 0 Å². The summed E-state index contributed by atoms with van der Waals surface area (Å²) >= 11 is 0. The molecule has 0 saturated heterocycles. The molecule has 2 N–H and O–H groups in total. The number of hydrogen-bond donors (Lipinski definition) is 2. The molecule has 0 unspecified atom stereocenters. The third kappa shape index (κ3) is 6.92. The van der Waals surface area contributed by atoms with Crippen molar-refractivity contribution in [3.63, 3.8) is 0 Å². The highest BCUT2D eigenvalue weighted by atomic mass is 16.6. The van der Waals surface area contributed by atoms with Gasteiger partial charge in [0.05, 0.1) is 12.0 Å². The van der Waals surface area contributed by atoms with Gasteiger partial charge in [-0.1, -0.05) is 6.92 Å². The number of nitrogens with one attached hydrogen (secondary N) is 1. The van der Waals surface area contributed by atoms with Gasteiger partial charge in [0.15, 0.2) is 0 Å². The normalized spacial score (nSPS) is 28.2. The second-order valence-electron chi connectivity index (χ2n) is 6.92. The molecule has 1 aliphatic carbocycles. The van der Waals surface area contributed by atoms with Crippen LogP contribution < -0.4 is 5.32 Å². The molecule has 0 bridgehead atoms. The van der Waals surface area contributed by atoms with E-state index in [4.69, 9.17) is 4.74 Å². The Morgan fingerprint density at radius 2 is 1.95 bits per heavy atom. The Morgan fingerprint density at radius 1 is 1.37 bits per heavy atom. The average molecular weight is 271 g/mol. The summed E-state index contributed by atoms with van der Waals surface area (Å²) in [5.41, 5.74) is -1.00. The van der Waals surface area contributed by atoms with Crippen LogP contribution in [0.1, 0.15) is 59.8 Å². The van der Waals surface area contributed by atoms with Crippen molar-refractivity contribution < 1.29 is 14.6 Å². The van der Waals surface area contributed by atoms with Crippen molar-refractivity contribution in [1.82, 2.24) is 5.32 Å². The fourth-order valence-electron chi connectivity index (χ4n) is 2.38. The Balaban J connectivity index is 2.15. The smallest absolute Gasteiger partial charge is 0.307 e. The van der Waals surface area contributed by atoms with Gasteiger partial charge in [0.2, 0.25) is 0 Å². The number of esters is 1. The van der Waals surface area contributed by atoms with Crippen LogP contribution in [0, 0.1) is 5.92 Å². The Kier molecular flexibility index (Phi) is 5.81. The average Bonchev–Trinajstić information content (AvgIpc) is 2.27. The lowest BCUT2D eigenvalue weighted by atomic mass is 9.79. The van der Waals surface area contributed by atoms with E-state index in [1.54, 1.807) is 0 Å². The first-order valence-corrected chi connectivity index (χ1v) is 7.35. The van der Waals surface area contributed by atoms with Crippen LogP contribution in [0.5, 0.6) is 0 Å². The Hall–Kier alpha value is -0.610. The number of ether oxygens (including phenoxy) is 1. The van der Waals surface area contributed by atoms with E-state index in [9.17, 15) is 9.90 Å². The van der Waals surface area contributed by atoms with Crippen molar-refractivity contribution in [2.24, 2.45) is 5.92 Å². The predicted octanol–water partition coefficient (Wildman–Crippen LogP) is 2.25. The fourth-order valence-corrected chi connectivity index (χ4v) is 2.38. The lowest BCUT2D eigenvalue weighted by Gasteiger charge is -2.35. The molecule has 1 saturated carbocycles. The number of hydrogen-bond acceptors (Lipinski definition) is 4. The summed E-state index contributed by atoms with van der Waals surface area (Å²) in [6.45, 7) is 8.96. The number of carbonyl (C=O) groups is 1. The topological polar surface area (TPSA) is 58.6 Å². The number of carbonyl (C=O) groups excluding carboxylic acids is 1. The van der Waals surface area contributed by atoms with Gasteiger partial charge in [-0.2, -0.15) is 0 Å². The summed E-state index contributed by atoms with van der Waals surface area (Å²) in [4.78, 5) is 11.5. The third-order valence-corrected chi connectivity index (χ3v) is 3.58. The van der Waals surface area contributed by atoms with Gasteiger partial charge in [0.25, 0.3) is 0 Å². The quantitative estimate of drug-likeness (QED) is 0.595. The lowest BCUT2D eigenvalue weighted by molar-refractivity contribution is -0.154. The van der Waals surface area contributed by atoms with Crippen molar-refractivity contribution in [2.45, 2.75) is 71.0 Å². The van der Waals surface area contributed by atoms with Crippen LogP contribution in [0.3, 0.4) is 0 Å². The molecule has 0 aliphatic heterocycles. The van der Waals surface area contributed by atoms with Gasteiger partial charge < -0.3 is 15.2 Å². The molecule has 1 aliphatic rings. The van der Waals surface area contributed by atoms with Crippen LogP contribution in [0.4, 0.5) is 0 Å². The van der Waals surface area contributed by atoms with Crippen LogP contribution in [0.2, 0.25) is 0 Å². The van der Waals surface area contributed by atoms with E-state index < -0.39 is 11.2 Å². The first-order valence-electron chi connectivity index (χ1n) is 7.35. The van der Waals surface area contributed by atoms with Gasteiger partial charge in [-0.3, -0.25) is 4.79 Å². The largest absolute Gasteiger partial charge is 0.460 e. The van der Waals surface area contributed by atoms with Crippen molar-refractivity contribution in [2.75, 3.05) is 13.1 Å². The maximum Gasteiger partial charge on any atom is 0.307 e. The molecule has 0 aromatic rings. The molecule has 0 heterocycles. The molecular weight excluding hydrogens is 242 g/mol. The van der Waals surface area contributed by atoms with Crippen LogP contribution in [0.25, 0.3) is 0 Å². The summed E-state index contributed by atoms with van der Waals surface area (Å²) in [6.07, 6.45) is 4.24. The minimum Gasteiger partial charge on any atom is -0.460 e. The van der Waals surface area contributed by atoms with Gasteiger partial charge in [-0.05, 0) is 52.4 Å². The highest BCUT2D eigenvalue weighted by Crippen LogP contribution is 2.31. The summed E-state index contributed by atoms with van der Waals surface area (Å²) < 4.78 is 5.23.